The first-order valence-electron chi connectivity index (χ1n) is 6.05. The second-order valence-electron chi connectivity index (χ2n) is 4.74. The Labute approximate surface area is 108 Å². The lowest BCUT2D eigenvalue weighted by atomic mass is 10.1. The zero-order chi connectivity index (χ0) is 13.8. The molecule has 102 valence electrons. The molecule has 2 N–H and O–H groups in total. The molecule has 0 fully saturated rings. The van der Waals surface area contributed by atoms with Crippen LogP contribution in [0.25, 0.3) is 0 Å². The first-order valence-corrected chi connectivity index (χ1v) is 7.87. The van der Waals surface area contributed by atoms with Gasteiger partial charge in [-0.05, 0) is 29.2 Å². The van der Waals surface area contributed by atoms with Gasteiger partial charge in [-0.2, -0.15) is 0 Å². The zero-order valence-corrected chi connectivity index (χ0v) is 11.6. The average Bonchev–Trinajstić information content (AvgIpc) is 2.26. The molecule has 1 atom stereocenters. The van der Waals surface area contributed by atoms with Crippen LogP contribution in [0.3, 0.4) is 0 Å². The molecule has 0 saturated heterocycles. The number of halogens is 1. The monoisotopic (exact) mass is 273 g/mol. The molecule has 5 heteroatoms. The molecule has 0 aromatic heterocycles. The maximum Gasteiger partial charge on any atom is 0.154 e. The SMILES string of the molecule is CCC(C)CS(=O)(=O)Cc1cc(F)cc(CN)c1. The van der Waals surface area contributed by atoms with Gasteiger partial charge in [-0.15, -0.1) is 0 Å². The van der Waals surface area contributed by atoms with Gasteiger partial charge in [0.25, 0.3) is 0 Å². The molecule has 0 aliphatic carbocycles. The van der Waals surface area contributed by atoms with Gasteiger partial charge < -0.3 is 5.73 Å². The van der Waals surface area contributed by atoms with Gasteiger partial charge in [0.1, 0.15) is 5.82 Å². The van der Waals surface area contributed by atoms with Crippen LogP contribution in [-0.4, -0.2) is 14.2 Å². The van der Waals surface area contributed by atoms with Crippen molar-refractivity contribution in [2.75, 3.05) is 5.75 Å². The summed E-state index contributed by atoms with van der Waals surface area (Å²) >= 11 is 0. The molecule has 0 saturated carbocycles. The molecular formula is C13H20FNO2S. The molecule has 0 radical (unpaired) electrons. The largest absolute Gasteiger partial charge is 0.326 e. The van der Waals surface area contributed by atoms with Gasteiger partial charge in [0.2, 0.25) is 0 Å². The van der Waals surface area contributed by atoms with Crippen molar-refractivity contribution in [1.29, 1.82) is 0 Å². The zero-order valence-electron chi connectivity index (χ0n) is 10.8. The summed E-state index contributed by atoms with van der Waals surface area (Å²) in [5.41, 5.74) is 6.52. The summed E-state index contributed by atoms with van der Waals surface area (Å²) in [4.78, 5) is 0. The number of hydrogen-bond acceptors (Lipinski definition) is 3. The minimum absolute atomic E-state index is 0.123. The summed E-state index contributed by atoms with van der Waals surface area (Å²) in [6.07, 6.45) is 0.816. The highest BCUT2D eigenvalue weighted by Crippen LogP contribution is 2.15. The highest BCUT2D eigenvalue weighted by molar-refractivity contribution is 7.90. The van der Waals surface area contributed by atoms with Gasteiger partial charge in [0.05, 0.1) is 11.5 Å². The van der Waals surface area contributed by atoms with Crippen LogP contribution in [-0.2, 0) is 22.1 Å². The van der Waals surface area contributed by atoms with Crippen LogP contribution in [0.4, 0.5) is 4.39 Å². The van der Waals surface area contributed by atoms with Crippen LogP contribution in [0, 0.1) is 11.7 Å². The Morgan fingerprint density at radius 1 is 1.28 bits per heavy atom. The van der Waals surface area contributed by atoms with Crippen LogP contribution in [0.1, 0.15) is 31.4 Å². The van der Waals surface area contributed by atoms with Gasteiger partial charge in [0.15, 0.2) is 9.84 Å². The predicted molar refractivity (Wildman–Crippen MR) is 71.2 cm³/mol. The summed E-state index contributed by atoms with van der Waals surface area (Å²) < 4.78 is 37.1. The molecule has 3 nitrogen and oxygen atoms in total. The van der Waals surface area contributed by atoms with Crippen molar-refractivity contribution in [2.45, 2.75) is 32.6 Å². The molecule has 0 aliphatic heterocycles. The Morgan fingerprint density at radius 3 is 2.44 bits per heavy atom. The fourth-order valence-electron chi connectivity index (χ4n) is 1.78. The van der Waals surface area contributed by atoms with Crippen LogP contribution in [0.2, 0.25) is 0 Å². The lowest BCUT2D eigenvalue weighted by Gasteiger charge is -2.10. The third-order valence-corrected chi connectivity index (χ3v) is 4.73. The molecular weight excluding hydrogens is 253 g/mol. The van der Waals surface area contributed by atoms with Gasteiger partial charge in [0, 0.05) is 6.54 Å². The lowest BCUT2D eigenvalue weighted by Crippen LogP contribution is -2.15. The Bertz CT molecular complexity index is 500. The molecule has 0 amide bonds. The summed E-state index contributed by atoms with van der Waals surface area (Å²) in [6, 6.07) is 4.23. The summed E-state index contributed by atoms with van der Waals surface area (Å²) in [6.45, 7) is 4.06. The molecule has 0 aliphatic rings. The Hall–Kier alpha value is -0.940. The predicted octanol–water partition coefficient (Wildman–Crippen LogP) is 2.25. The quantitative estimate of drug-likeness (QED) is 0.864. The first kappa shape index (κ1) is 15.1. The number of sulfone groups is 1. The summed E-state index contributed by atoms with van der Waals surface area (Å²) in [7, 11) is -3.20. The average molecular weight is 273 g/mol. The van der Waals surface area contributed by atoms with E-state index in [1.54, 1.807) is 6.07 Å². The van der Waals surface area contributed by atoms with Gasteiger partial charge in [-0.1, -0.05) is 26.3 Å². The molecule has 0 heterocycles. The van der Waals surface area contributed by atoms with Gasteiger partial charge >= 0.3 is 0 Å². The number of hydrogen-bond donors (Lipinski definition) is 1. The fourth-order valence-corrected chi connectivity index (χ4v) is 3.68. The van der Waals surface area contributed by atoms with Crippen LogP contribution in [0.15, 0.2) is 18.2 Å². The number of rotatable bonds is 6. The highest BCUT2D eigenvalue weighted by atomic mass is 32.2. The molecule has 18 heavy (non-hydrogen) atoms. The van der Waals surface area contributed by atoms with E-state index in [2.05, 4.69) is 0 Å². The maximum absolute atomic E-state index is 13.3. The van der Waals surface area contributed by atoms with Crippen LogP contribution >= 0.6 is 0 Å². The van der Waals surface area contributed by atoms with Crippen molar-refractivity contribution in [3.8, 4) is 0 Å². The molecule has 1 unspecified atom stereocenters. The Morgan fingerprint density at radius 2 is 1.89 bits per heavy atom. The number of benzene rings is 1. The van der Waals surface area contributed by atoms with E-state index in [0.717, 1.165) is 6.42 Å². The van der Waals surface area contributed by atoms with E-state index in [0.29, 0.717) is 11.1 Å². The Kier molecular flexibility index (Phi) is 5.28. The normalized spacial score (nSPS) is 13.6. The Balaban J connectivity index is 2.87. The molecule has 0 bridgehead atoms. The third kappa shape index (κ3) is 4.74. The molecule has 1 rings (SSSR count). The topological polar surface area (TPSA) is 60.2 Å². The molecule has 1 aromatic rings. The second-order valence-corrected chi connectivity index (χ2v) is 6.85. The van der Waals surface area contributed by atoms with Crippen molar-refractivity contribution >= 4 is 9.84 Å². The first-order chi connectivity index (χ1) is 8.36. The molecule has 0 spiro atoms. The second kappa shape index (κ2) is 6.29. The van der Waals surface area contributed by atoms with E-state index < -0.39 is 15.7 Å². The van der Waals surface area contributed by atoms with Crippen molar-refractivity contribution in [2.24, 2.45) is 11.7 Å². The van der Waals surface area contributed by atoms with Crippen LogP contribution in [0.5, 0.6) is 0 Å². The van der Waals surface area contributed by atoms with E-state index in [4.69, 9.17) is 5.73 Å². The summed E-state index contributed by atoms with van der Waals surface area (Å²) in [5, 5.41) is 0. The van der Waals surface area contributed by atoms with E-state index in [1.165, 1.54) is 12.1 Å². The fraction of sp³-hybridized carbons (Fsp3) is 0.538. The minimum Gasteiger partial charge on any atom is -0.326 e. The van der Waals surface area contributed by atoms with Crippen molar-refractivity contribution in [3.05, 3.63) is 35.1 Å². The standard InChI is InChI=1S/C13H20FNO2S/c1-3-10(2)8-18(16,17)9-12-4-11(7-15)5-13(14)6-12/h4-6,10H,3,7-9,15H2,1-2H3. The van der Waals surface area contributed by atoms with E-state index in [9.17, 15) is 12.8 Å². The van der Waals surface area contributed by atoms with Crippen molar-refractivity contribution in [1.82, 2.24) is 0 Å². The van der Waals surface area contributed by atoms with Gasteiger partial charge in [-0.25, -0.2) is 12.8 Å². The highest BCUT2D eigenvalue weighted by Gasteiger charge is 2.16. The van der Waals surface area contributed by atoms with Gasteiger partial charge in [-0.3, -0.25) is 0 Å². The van der Waals surface area contributed by atoms with E-state index in [1.807, 2.05) is 13.8 Å². The number of nitrogens with two attached hydrogens (primary N) is 1. The van der Waals surface area contributed by atoms with Crippen molar-refractivity contribution < 1.29 is 12.8 Å². The smallest absolute Gasteiger partial charge is 0.154 e. The minimum atomic E-state index is -3.20. The van der Waals surface area contributed by atoms with E-state index in [-0.39, 0.29) is 24.0 Å². The molecule has 1 aromatic carbocycles. The van der Waals surface area contributed by atoms with Crippen LogP contribution < -0.4 is 5.73 Å². The lowest BCUT2D eigenvalue weighted by molar-refractivity contribution is 0.563. The summed E-state index contributed by atoms with van der Waals surface area (Å²) in [5.74, 6) is -0.302. The third-order valence-electron chi connectivity index (χ3n) is 2.88. The maximum atomic E-state index is 13.3. The van der Waals surface area contributed by atoms with Crippen molar-refractivity contribution in [3.63, 3.8) is 0 Å². The van der Waals surface area contributed by atoms with E-state index >= 15 is 0 Å².